The summed E-state index contributed by atoms with van der Waals surface area (Å²) in [6.07, 6.45) is 0. The van der Waals surface area contributed by atoms with Crippen LogP contribution >= 0.6 is 15.9 Å². The maximum Gasteiger partial charge on any atom is 0.251 e. The molecule has 0 bridgehead atoms. The smallest absolute Gasteiger partial charge is 0.251 e. The van der Waals surface area contributed by atoms with Gasteiger partial charge in [0, 0.05) is 11.1 Å². The average molecular weight is 358 g/mol. The minimum Gasteiger partial charge on any atom is -0.345 e. The molecule has 0 spiro atoms. The Kier molecular flexibility index (Phi) is 4.67. The lowest BCUT2D eigenvalue weighted by Crippen LogP contribution is -2.27. The fourth-order valence-electron chi connectivity index (χ4n) is 1.84. The Morgan fingerprint density at radius 3 is 2.48 bits per heavy atom. The number of carbonyl (C=O) groups is 1. The second-order valence-corrected chi connectivity index (χ2v) is 5.34. The van der Waals surface area contributed by atoms with Gasteiger partial charge in [-0.3, -0.25) is 4.79 Å². The zero-order chi connectivity index (χ0) is 15.6. The van der Waals surface area contributed by atoms with Crippen molar-refractivity contribution in [1.29, 1.82) is 0 Å². The van der Waals surface area contributed by atoms with Gasteiger partial charge in [-0.2, -0.15) is 0 Å². The van der Waals surface area contributed by atoms with Crippen molar-refractivity contribution in [3.05, 3.63) is 69.4 Å². The molecule has 2 nitrogen and oxygen atoms in total. The Labute approximate surface area is 128 Å². The topological polar surface area (TPSA) is 29.1 Å². The first-order chi connectivity index (χ1) is 9.88. The number of carbonyl (C=O) groups excluding carboxylic acids is 1. The van der Waals surface area contributed by atoms with E-state index in [9.17, 15) is 18.0 Å². The zero-order valence-electron chi connectivity index (χ0n) is 11.0. The molecule has 2 rings (SSSR count). The molecule has 0 saturated heterocycles. The van der Waals surface area contributed by atoms with E-state index in [1.807, 2.05) is 0 Å². The second kappa shape index (κ2) is 6.30. The van der Waals surface area contributed by atoms with Gasteiger partial charge in [-0.1, -0.05) is 0 Å². The molecule has 2 aromatic carbocycles. The normalized spacial score (nSPS) is 12.0. The number of hydrogen-bond donors (Lipinski definition) is 1. The second-order valence-electron chi connectivity index (χ2n) is 4.49. The summed E-state index contributed by atoms with van der Waals surface area (Å²) in [7, 11) is 0. The molecule has 0 saturated carbocycles. The standard InChI is InChI=1S/C15H11BrF3NO/c1-8(11-7-10(17)3-5-13(11)18)20-15(21)9-2-4-12(16)14(19)6-9/h2-8H,1H3,(H,20,21). The maximum atomic E-state index is 13.6. The highest BCUT2D eigenvalue weighted by atomic mass is 79.9. The summed E-state index contributed by atoms with van der Waals surface area (Å²) in [5.41, 5.74) is 0.125. The molecule has 0 radical (unpaired) electrons. The van der Waals surface area contributed by atoms with Crippen LogP contribution in [0, 0.1) is 17.5 Å². The monoisotopic (exact) mass is 357 g/mol. The lowest BCUT2D eigenvalue weighted by molar-refractivity contribution is 0.0939. The molecule has 0 aliphatic rings. The molecule has 6 heteroatoms. The zero-order valence-corrected chi connectivity index (χ0v) is 12.5. The van der Waals surface area contributed by atoms with Gasteiger partial charge in [0.15, 0.2) is 0 Å². The Bertz CT molecular complexity index is 691. The van der Waals surface area contributed by atoms with Crippen molar-refractivity contribution in [2.75, 3.05) is 0 Å². The summed E-state index contributed by atoms with van der Waals surface area (Å²) in [6, 6.07) is 6.15. The van der Waals surface area contributed by atoms with Gasteiger partial charge in [-0.05, 0) is 59.3 Å². The van der Waals surface area contributed by atoms with Crippen LogP contribution in [0.4, 0.5) is 13.2 Å². The lowest BCUT2D eigenvalue weighted by atomic mass is 10.1. The summed E-state index contributed by atoms with van der Waals surface area (Å²) in [5.74, 6) is -2.36. The van der Waals surface area contributed by atoms with Gasteiger partial charge in [0.25, 0.3) is 5.91 Å². The maximum absolute atomic E-state index is 13.6. The van der Waals surface area contributed by atoms with Crippen molar-refractivity contribution >= 4 is 21.8 Å². The van der Waals surface area contributed by atoms with Gasteiger partial charge in [-0.25, -0.2) is 13.2 Å². The Morgan fingerprint density at radius 1 is 1.10 bits per heavy atom. The predicted molar refractivity (Wildman–Crippen MR) is 76.3 cm³/mol. The summed E-state index contributed by atoms with van der Waals surface area (Å²) in [4.78, 5) is 12.0. The quantitative estimate of drug-likeness (QED) is 0.868. The molecular formula is C15H11BrF3NO. The number of rotatable bonds is 3. The van der Waals surface area contributed by atoms with Crippen molar-refractivity contribution in [3.63, 3.8) is 0 Å². The molecule has 1 amide bonds. The minimum absolute atomic E-state index is 0.0286. The van der Waals surface area contributed by atoms with Crippen LogP contribution < -0.4 is 5.32 Å². The van der Waals surface area contributed by atoms with E-state index in [0.29, 0.717) is 0 Å². The van der Waals surface area contributed by atoms with Crippen molar-refractivity contribution in [3.8, 4) is 0 Å². The van der Waals surface area contributed by atoms with Crippen LogP contribution in [0.15, 0.2) is 40.9 Å². The first-order valence-electron chi connectivity index (χ1n) is 6.09. The van der Waals surface area contributed by atoms with Crippen molar-refractivity contribution in [2.24, 2.45) is 0 Å². The van der Waals surface area contributed by atoms with E-state index in [1.165, 1.54) is 19.1 Å². The Balaban J connectivity index is 2.18. The molecule has 1 N–H and O–H groups in total. The van der Waals surface area contributed by atoms with E-state index in [0.717, 1.165) is 24.3 Å². The summed E-state index contributed by atoms with van der Waals surface area (Å²) < 4.78 is 40.4. The van der Waals surface area contributed by atoms with E-state index < -0.39 is 29.4 Å². The molecule has 1 unspecified atom stereocenters. The van der Waals surface area contributed by atoms with Crippen LogP contribution in [-0.2, 0) is 0 Å². The molecule has 2 aromatic rings. The van der Waals surface area contributed by atoms with Crippen LogP contribution in [0.1, 0.15) is 28.9 Å². The molecule has 0 fully saturated rings. The first-order valence-corrected chi connectivity index (χ1v) is 6.88. The fraction of sp³-hybridized carbons (Fsp3) is 0.133. The lowest BCUT2D eigenvalue weighted by Gasteiger charge is -2.15. The van der Waals surface area contributed by atoms with Crippen molar-refractivity contribution < 1.29 is 18.0 Å². The van der Waals surface area contributed by atoms with Gasteiger partial charge in [-0.15, -0.1) is 0 Å². The van der Waals surface area contributed by atoms with Crippen LogP contribution in [-0.4, -0.2) is 5.91 Å². The molecule has 0 aromatic heterocycles. The Hall–Kier alpha value is -1.82. The van der Waals surface area contributed by atoms with E-state index in [2.05, 4.69) is 21.2 Å². The van der Waals surface area contributed by atoms with E-state index in [1.54, 1.807) is 0 Å². The average Bonchev–Trinajstić information content (AvgIpc) is 2.44. The third-order valence-corrected chi connectivity index (χ3v) is 3.60. The van der Waals surface area contributed by atoms with Crippen molar-refractivity contribution in [1.82, 2.24) is 5.32 Å². The number of halogens is 4. The number of amides is 1. The van der Waals surface area contributed by atoms with E-state index in [4.69, 9.17) is 0 Å². The van der Waals surface area contributed by atoms with Gasteiger partial charge in [0.2, 0.25) is 0 Å². The molecule has 0 heterocycles. The number of nitrogens with one attached hydrogen (secondary N) is 1. The molecular weight excluding hydrogens is 347 g/mol. The summed E-state index contributed by atoms with van der Waals surface area (Å²) in [5, 5.41) is 2.50. The van der Waals surface area contributed by atoms with Gasteiger partial charge >= 0.3 is 0 Å². The number of benzene rings is 2. The third kappa shape index (κ3) is 3.64. The van der Waals surface area contributed by atoms with E-state index in [-0.39, 0.29) is 15.6 Å². The van der Waals surface area contributed by atoms with Gasteiger partial charge < -0.3 is 5.32 Å². The van der Waals surface area contributed by atoms with E-state index >= 15 is 0 Å². The van der Waals surface area contributed by atoms with Crippen LogP contribution in [0.25, 0.3) is 0 Å². The highest BCUT2D eigenvalue weighted by molar-refractivity contribution is 9.10. The largest absolute Gasteiger partial charge is 0.345 e. The van der Waals surface area contributed by atoms with Gasteiger partial charge in [0.05, 0.1) is 10.5 Å². The Morgan fingerprint density at radius 2 is 1.81 bits per heavy atom. The molecule has 1 atom stereocenters. The van der Waals surface area contributed by atoms with Crippen molar-refractivity contribution in [2.45, 2.75) is 13.0 Å². The molecule has 0 aliphatic heterocycles. The SMILES string of the molecule is CC(NC(=O)c1ccc(Br)c(F)c1)c1cc(F)ccc1F. The van der Waals surface area contributed by atoms with Crippen LogP contribution in [0.2, 0.25) is 0 Å². The first kappa shape index (κ1) is 15.6. The highest BCUT2D eigenvalue weighted by Crippen LogP contribution is 2.20. The molecule has 110 valence electrons. The van der Waals surface area contributed by atoms with Gasteiger partial charge in [0.1, 0.15) is 17.5 Å². The number of hydrogen-bond acceptors (Lipinski definition) is 1. The summed E-state index contributed by atoms with van der Waals surface area (Å²) in [6.45, 7) is 1.52. The van der Waals surface area contributed by atoms with Crippen LogP contribution in [0.5, 0.6) is 0 Å². The molecule has 21 heavy (non-hydrogen) atoms. The fourth-order valence-corrected chi connectivity index (χ4v) is 2.09. The predicted octanol–water partition coefficient (Wildman–Crippen LogP) is 4.36. The summed E-state index contributed by atoms with van der Waals surface area (Å²) >= 11 is 2.99. The van der Waals surface area contributed by atoms with Crippen LogP contribution in [0.3, 0.4) is 0 Å². The highest BCUT2D eigenvalue weighted by Gasteiger charge is 2.16. The third-order valence-electron chi connectivity index (χ3n) is 2.95. The minimum atomic E-state index is -0.750. The molecule has 0 aliphatic carbocycles.